The SMILES string of the molecule is O=C(NN=C1CCCCCC1)c1ccc(CSc2nc3ccccc3[nH]2)cc1. The van der Waals surface area contributed by atoms with Crippen molar-refractivity contribution in [3.8, 4) is 0 Å². The minimum atomic E-state index is -0.145. The number of hydrogen-bond acceptors (Lipinski definition) is 4. The molecule has 5 nitrogen and oxygen atoms in total. The molecule has 2 aromatic carbocycles. The fraction of sp³-hybridized carbons (Fsp3) is 0.318. The molecule has 28 heavy (non-hydrogen) atoms. The van der Waals surface area contributed by atoms with Gasteiger partial charge in [0, 0.05) is 17.0 Å². The average Bonchev–Trinajstić information content (AvgIpc) is 2.97. The minimum Gasteiger partial charge on any atom is -0.333 e. The van der Waals surface area contributed by atoms with E-state index in [1.807, 2.05) is 48.5 Å². The van der Waals surface area contributed by atoms with Crippen molar-refractivity contribution >= 4 is 34.4 Å². The van der Waals surface area contributed by atoms with Crippen LogP contribution < -0.4 is 5.43 Å². The van der Waals surface area contributed by atoms with Crippen molar-refractivity contribution < 1.29 is 4.79 Å². The third-order valence-corrected chi connectivity index (χ3v) is 5.90. The number of carbonyl (C=O) groups is 1. The van der Waals surface area contributed by atoms with Gasteiger partial charge in [-0.25, -0.2) is 10.4 Å². The van der Waals surface area contributed by atoms with Gasteiger partial charge in [0.05, 0.1) is 11.0 Å². The van der Waals surface area contributed by atoms with Gasteiger partial charge in [0.2, 0.25) is 0 Å². The highest BCUT2D eigenvalue weighted by Gasteiger charge is 2.09. The van der Waals surface area contributed by atoms with Crippen LogP contribution in [0.5, 0.6) is 0 Å². The van der Waals surface area contributed by atoms with Crippen molar-refractivity contribution in [3.63, 3.8) is 0 Å². The second kappa shape index (κ2) is 9.06. The molecule has 3 aromatic rings. The molecule has 144 valence electrons. The highest BCUT2D eigenvalue weighted by atomic mass is 32.2. The van der Waals surface area contributed by atoms with Gasteiger partial charge < -0.3 is 4.98 Å². The maximum atomic E-state index is 12.3. The van der Waals surface area contributed by atoms with Crippen molar-refractivity contribution in [1.29, 1.82) is 0 Å². The van der Waals surface area contributed by atoms with Crippen LogP contribution in [0.2, 0.25) is 0 Å². The Kier molecular flexibility index (Phi) is 6.07. The molecule has 1 amide bonds. The van der Waals surface area contributed by atoms with Gasteiger partial charge in [-0.3, -0.25) is 4.79 Å². The number of nitrogens with one attached hydrogen (secondary N) is 2. The van der Waals surface area contributed by atoms with E-state index in [1.165, 1.54) is 25.7 Å². The van der Waals surface area contributed by atoms with Crippen molar-refractivity contribution in [1.82, 2.24) is 15.4 Å². The number of imidazole rings is 1. The minimum absolute atomic E-state index is 0.145. The largest absolute Gasteiger partial charge is 0.333 e. The van der Waals surface area contributed by atoms with Gasteiger partial charge >= 0.3 is 0 Å². The lowest BCUT2D eigenvalue weighted by Gasteiger charge is -2.05. The lowest BCUT2D eigenvalue weighted by atomic mass is 10.1. The number of fused-ring (bicyclic) bond motifs is 1. The van der Waals surface area contributed by atoms with Gasteiger partial charge in [0.15, 0.2) is 5.16 Å². The molecule has 0 unspecified atom stereocenters. The van der Waals surface area contributed by atoms with Crippen LogP contribution in [-0.4, -0.2) is 21.6 Å². The Morgan fingerprint density at radius 1 is 1.04 bits per heavy atom. The zero-order chi connectivity index (χ0) is 19.2. The summed E-state index contributed by atoms with van der Waals surface area (Å²) >= 11 is 1.66. The molecule has 2 N–H and O–H groups in total. The predicted molar refractivity (Wildman–Crippen MR) is 115 cm³/mol. The molecule has 1 aliphatic carbocycles. The number of nitrogens with zero attached hydrogens (tertiary/aromatic N) is 2. The lowest BCUT2D eigenvalue weighted by Crippen LogP contribution is -2.19. The second-order valence-corrected chi connectivity index (χ2v) is 8.04. The number of H-pyrrole nitrogens is 1. The van der Waals surface area contributed by atoms with E-state index in [1.54, 1.807) is 11.8 Å². The van der Waals surface area contributed by atoms with Gasteiger partial charge in [-0.15, -0.1) is 0 Å². The molecule has 6 heteroatoms. The van der Waals surface area contributed by atoms with Gasteiger partial charge in [-0.1, -0.05) is 48.9 Å². The van der Waals surface area contributed by atoms with E-state index in [0.29, 0.717) is 5.56 Å². The third-order valence-electron chi connectivity index (χ3n) is 4.96. The van der Waals surface area contributed by atoms with E-state index >= 15 is 0 Å². The molecule has 1 aliphatic rings. The number of hydrazone groups is 1. The van der Waals surface area contributed by atoms with Crippen LogP contribution in [0.15, 0.2) is 58.8 Å². The summed E-state index contributed by atoms with van der Waals surface area (Å²) in [5, 5.41) is 5.24. The first kappa shape index (κ1) is 18.7. The fourth-order valence-corrected chi connectivity index (χ4v) is 4.19. The Balaban J connectivity index is 1.32. The monoisotopic (exact) mass is 392 g/mol. The molecule has 1 fully saturated rings. The van der Waals surface area contributed by atoms with E-state index < -0.39 is 0 Å². The number of hydrogen-bond donors (Lipinski definition) is 2. The summed E-state index contributed by atoms with van der Waals surface area (Å²) in [5.74, 6) is 0.651. The van der Waals surface area contributed by atoms with Crippen LogP contribution in [0, 0.1) is 0 Å². The summed E-state index contributed by atoms with van der Waals surface area (Å²) in [6.07, 6.45) is 6.87. The second-order valence-electron chi connectivity index (χ2n) is 7.08. The first-order valence-corrected chi connectivity index (χ1v) is 10.8. The molecule has 0 atom stereocenters. The average molecular weight is 393 g/mol. The Bertz CT molecular complexity index is 935. The Morgan fingerprint density at radius 2 is 1.79 bits per heavy atom. The molecular weight excluding hydrogens is 368 g/mol. The number of benzene rings is 2. The van der Waals surface area contributed by atoms with E-state index in [2.05, 4.69) is 20.5 Å². The topological polar surface area (TPSA) is 70.1 Å². The van der Waals surface area contributed by atoms with Crippen molar-refractivity contribution in [3.05, 3.63) is 59.7 Å². The first-order chi connectivity index (χ1) is 13.8. The summed E-state index contributed by atoms with van der Waals surface area (Å²) in [6.45, 7) is 0. The van der Waals surface area contributed by atoms with Crippen molar-refractivity contribution in [2.24, 2.45) is 5.10 Å². The normalized spacial score (nSPS) is 14.6. The maximum Gasteiger partial charge on any atom is 0.271 e. The molecule has 0 saturated heterocycles. The number of aromatic amines is 1. The summed E-state index contributed by atoms with van der Waals surface area (Å²) in [4.78, 5) is 20.2. The molecular formula is C22H24N4OS. The molecule has 4 rings (SSSR count). The van der Waals surface area contributed by atoms with Crippen LogP contribution in [-0.2, 0) is 5.75 Å². The van der Waals surface area contributed by atoms with Crippen LogP contribution in [0.25, 0.3) is 11.0 Å². The molecule has 0 spiro atoms. The molecule has 1 saturated carbocycles. The lowest BCUT2D eigenvalue weighted by molar-refractivity contribution is 0.0954. The Hall–Kier alpha value is -2.60. The van der Waals surface area contributed by atoms with E-state index in [-0.39, 0.29) is 5.91 Å². The number of carbonyl (C=O) groups excluding carboxylic acids is 1. The van der Waals surface area contributed by atoms with Crippen molar-refractivity contribution in [2.45, 2.75) is 49.4 Å². The first-order valence-electron chi connectivity index (χ1n) is 9.80. The smallest absolute Gasteiger partial charge is 0.271 e. The number of para-hydroxylation sites is 2. The molecule has 0 aliphatic heterocycles. The Morgan fingerprint density at radius 3 is 2.54 bits per heavy atom. The highest BCUT2D eigenvalue weighted by Crippen LogP contribution is 2.23. The molecule has 1 heterocycles. The quantitative estimate of drug-likeness (QED) is 0.352. The summed E-state index contributed by atoms with van der Waals surface area (Å²) in [5.41, 5.74) is 7.65. The molecule has 1 aromatic heterocycles. The fourth-order valence-electron chi connectivity index (χ4n) is 3.34. The van der Waals surface area contributed by atoms with E-state index in [9.17, 15) is 4.79 Å². The third kappa shape index (κ3) is 4.81. The van der Waals surface area contributed by atoms with Gasteiger partial charge in [0.1, 0.15) is 0 Å². The summed E-state index contributed by atoms with van der Waals surface area (Å²) in [7, 11) is 0. The van der Waals surface area contributed by atoms with Crippen molar-refractivity contribution in [2.75, 3.05) is 0 Å². The maximum absolute atomic E-state index is 12.3. The zero-order valence-electron chi connectivity index (χ0n) is 15.8. The number of thioether (sulfide) groups is 1. The highest BCUT2D eigenvalue weighted by molar-refractivity contribution is 7.98. The van der Waals surface area contributed by atoms with Gasteiger partial charge in [-0.2, -0.15) is 5.10 Å². The molecule has 0 radical (unpaired) electrons. The van der Waals surface area contributed by atoms with Gasteiger partial charge in [0.25, 0.3) is 5.91 Å². The zero-order valence-corrected chi connectivity index (χ0v) is 16.6. The molecule has 0 bridgehead atoms. The van der Waals surface area contributed by atoms with E-state index in [0.717, 1.165) is 46.1 Å². The predicted octanol–water partition coefficient (Wildman–Crippen LogP) is 5.30. The Labute approximate surface area is 169 Å². The van der Waals surface area contributed by atoms with Crippen LogP contribution in [0.4, 0.5) is 0 Å². The number of rotatable bonds is 5. The van der Waals surface area contributed by atoms with Crippen LogP contribution >= 0.6 is 11.8 Å². The standard InChI is InChI=1S/C22H24N4OS/c27-21(26-25-18-7-3-1-2-4-8-18)17-13-11-16(12-14-17)15-28-22-23-19-9-5-6-10-20(19)24-22/h5-6,9-14H,1-4,7-8,15H2,(H,23,24)(H,26,27). The number of aromatic nitrogens is 2. The van der Waals surface area contributed by atoms with E-state index in [4.69, 9.17) is 0 Å². The summed E-state index contributed by atoms with van der Waals surface area (Å²) < 4.78 is 0. The van der Waals surface area contributed by atoms with Gasteiger partial charge in [-0.05, 0) is 55.5 Å². The number of amides is 1. The van der Waals surface area contributed by atoms with Crippen LogP contribution in [0.3, 0.4) is 0 Å². The summed E-state index contributed by atoms with van der Waals surface area (Å²) in [6, 6.07) is 15.7. The van der Waals surface area contributed by atoms with Crippen LogP contribution in [0.1, 0.15) is 54.4 Å².